The molecule has 3 rings (SSSR count). The normalized spacial score (nSPS) is 21.4. The minimum atomic E-state index is -1.28. The van der Waals surface area contributed by atoms with Gasteiger partial charge in [0.25, 0.3) is 5.91 Å². The number of hydrogen-bond acceptors (Lipinski definition) is 5. The molecular weight excluding hydrogens is 374 g/mol. The maximum absolute atomic E-state index is 13.2. The van der Waals surface area contributed by atoms with Crippen LogP contribution in [0.1, 0.15) is 46.6 Å². The van der Waals surface area contributed by atoms with E-state index in [2.05, 4.69) is 5.32 Å². The van der Waals surface area contributed by atoms with Crippen molar-refractivity contribution in [3.63, 3.8) is 0 Å². The fraction of sp³-hybridized carbons (Fsp3) is 0.571. The van der Waals surface area contributed by atoms with Crippen molar-refractivity contribution >= 4 is 17.8 Å². The average molecular weight is 403 g/mol. The Morgan fingerprint density at radius 1 is 1.14 bits per heavy atom. The monoisotopic (exact) mass is 403 g/mol. The number of hydrogen-bond donors (Lipinski definition) is 1. The van der Waals surface area contributed by atoms with Crippen LogP contribution in [0.3, 0.4) is 0 Å². The van der Waals surface area contributed by atoms with Gasteiger partial charge in [-0.3, -0.25) is 14.5 Å². The zero-order chi connectivity index (χ0) is 21.3. The van der Waals surface area contributed by atoms with Crippen LogP contribution < -0.4 is 14.8 Å². The maximum atomic E-state index is 13.2. The number of imide groups is 1. The lowest BCUT2D eigenvalue weighted by molar-refractivity contribution is -0.141. The highest BCUT2D eigenvalue weighted by molar-refractivity contribution is 6.09. The molecule has 1 fully saturated rings. The first-order valence-corrected chi connectivity index (χ1v) is 10.0. The molecule has 29 heavy (non-hydrogen) atoms. The number of ether oxygens (including phenoxy) is 2. The third-order valence-corrected chi connectivity index (χ3v) is 5.29. The average Bonchev–Trinajstić information content (AvgIpc) is 2.82. The highest BCUT2D eigenvalue weighted by atomic mass is 16.5. The minimum Gasteiger partial charge on any atom is -0.490 e. The number of fused-ring (bicyclic) bond motifs is 1. The van der Waals surface area contributed by atoms with Crippen LogP contribution in [0.5, 0.6) is 11.5 Å². The fourth-order valence-electron chi connectivity index (χ4n) is 3.90. The van der Waals surface area contributed by atoms with E-state index in [1.165, 1.54) is 0 Å². The number of amides is 4. The molecule has 0 aromatic heterocycles. The van der Waals surface area contributed by atoms with Gasteiger partial charge < -0.3 is 19.7 Å². The second kappa shape index (κ2) is 7.93. The summed E-state index contributed by atoms with van der Waals surface area (Å²) in [6.45, 7) is 10.1. The topological polar surface area (TPSA) is 88.2 Å². The number of benzene rings is 1. The van der Waals surface area contributed by atoms with Crippen LogP contribution in [0.2, 0.25) is 0 Å². The van der Waals surface area contributed by atoms with Gasteiger partial charge in [0.15, 0.2) is 11.5 Å². The molecule has 1 atom stereocenters. The number of carbonyl (C=O) groups is 3. The van der Waals surface area contributed by atoms with Crippen molar-refractivity contribution in [3.05, 3.63) is 23.8 Å². The molecule has 8 nitrogen and oxygen atoms in total. The summed E-state index contributed by atoms with van der Waals surface area (Å²) in [6.07, 6.45) is 0.773. The van der Waals surface area contributed by atoms with Crippen molar-refractivity contribution in [1.82, 2.24) is 15.1 Å². The number of carbonyl (C=O) groups excluding carboxylic acids is 3. The van der Waals surface area contributed by atoms with Gasteiger partial charge in [0.2, 0.25) is 5.91 Å². The number of urea groups is 1. The van der Waals surface area contributed by atoms with E-state index in [-0.39, 0.29) is 24.5 Å². The van der Waals surface area contributed by atoms with E-state index in [1.807, 2.05) is 27.7 Å². The molecule has 2 heterocycles. The Labute approximate surface area is 171 Å². The summed E-state index contributed by atoms with van der Waals surface area (Å²) in [5.41, 5.74) is -0.692. The Bertz CT molecular complexity index is 815. The van der Waals surface area contributed by atoms with Gasteiger partial charge in [-0.2, -0.15) is 0 Å². The molecule has 2 aliphatic rings. The molecule has 1 saturated heterocycles. The lowest BCUT2D eigenvalue weighted by Gasteiger charge is -2.32. The smallest absolute Gasteiger partial charge is 0.325 e. The molecule has 1 N–H and O–H groups in total. The Morgan fingerprint density at radius 3 is 2.38 bits per heavy atom. The highest BCUT2D eigenvalue weighted by Crippen LogP contribution is 2.36. The summed E-state index contributed by atoms with van der Waals surface area (Å²) in [5, 5.41) is 2.74. The summed E-state index contributed by atoms with van der Waals surface area (Å²) in [7, 11) is 0. The minimum absolute atomic E-state index is 0.0311. The van der Waals surface area contributed by atoms with Crippen LogP contribution in [0, 0.1) is 0 Å². The molecular formula is C21H29N3O5. The first kappa shape index (κ1) is 21.0. The highest BCUT2D eigenvalue weighted by Gasteiger charge is 2.50. The first-order chi connectivity index (χ1) is 13.6. The quantitative estimate of drug-likeness (QED) is 0.762. The number of rotatable bonds is 5. The summed E-state index contributed by atoms with van der Waals surface area (Å²) in [6, 6.07) is 4.57. The van der Waals surface area contributed by atoms with E-state index in [4.69, 9.17) is 9.47 Å². The summed E-state index contributed by atoms with van der Waals surface area (Å²) in [5.74, 6) is 0.436. The van der Waals surface area contributed by atoms with Crippen molar-refractivity contribution in [1.29, 1.82) is 0 Å². The fourth-order valence-corrected chi connectivity index (χ4v) is 3.90. The Kier molecular flexibility index (Phi) is 5.73. The first-order valence-electron chi connectivity index (χ1n) is 10.0. The van der Waals surface area contributed by atoms with Gasteiger partial charge in [-0.25, -0.2) is 4.79 Å². The van der Waals surface area contributed by atoms with Gasteiger partial charge in [-0.05, 0) is 52.3 Å². The molecule has 0 aliphatic carbocycles. The van der Waals surface area contributed by atoms with Crippen LogP contribution >= 0.6 is 0 Å². The van der Waals surface area contributed by atoms with Crippen molar-refractivity contribution < 1.29 is 23.9 Å². The SMILES string of the molecule is CC(C)N(C(=O)CN1C(=O)N[C@](C)(c2ccc3c(c2)OCCCO3)C1=O)C(C)C. The predicted molar refractivity (Wildman–Crippen MR) is 107 cm³/mol. The van der Waals surface area contributed by atoms with Crippen LogP contribution in [-0.4, -0.2) is 59.5 Å². The molecule has 1 aromatic carbocycles. The summed E-state index contributed by atoms with van der Waals surface area (Å²) in [4.78, 5) is 41.2. The van der Waals surface area contributed by atoms with E-state index in [0.717, 1.165) is 11.3 Å². The third-order valence-electron chi connectivity index (χ3n) is 5.29. The van der Waals surface area contributed by atoms with Gasteiger partial charge in [0, 0.05) is 18.5 Å². The van der Waals surface area contributed by atoms with Crippen LogP contribution in [0.15, 0.2) is 18.2 Å². The summed E-state index contributed by atoms with van der Waals surface area (Å²) >= 11 is 0. The molecule has 0 bridgehead atoms. The zero-order valence-corrected chi connectivity index (χ0v) is 17.7. The van der Waals surface area contributed by atoms with Crippen molar-refractivity contribution in [3.8, 4) is 11.5 Å². The molecule has 1 aromatic rings. The lowest BCUT2D eigenvalue weighted by atomic mass is 9.91. The Balaban J connectivity index is 1.84. The van der Waals surface area contributed by atoms with Crippen molar-refractivity contribution in [2.45, 2.75) is 58.7 Å². The Hall–Kier alpha value is -2.77. The molecule has 0 spiro atoms. The van der Waals surface area contributed by atoms with Crippen molar-refractivity contribution in [2.24, 2.45) is 0 Å². The second-order valence-electron chi connectivity index (χ2n) is 8.15. The standard InChI is InChI=1S/C21H29N3O5/c1-13(2)24(14(3)4)18(25)12-23-19(26)21(5,22-20(23)27)15-7-8-16-17(11-15)29-10-6-9-28-16/h7-8,11,13-14H,6,9-10,12H2,1-5H3,(H,22,27)/t21-/m1/s1. The van der Waals surface area contributed by atoms with Gasteiger partial charge >= 0.3 is 6.03 Å². The largest absolute Gasteiger partial charge is 0.490 e. The zero-order valence-electron chi connectivity index (χ0n) is 17.7. The molecule has 158 valence electrons. The lowest BCUT2D eigenvalue weighted by Crippen LogP contribution is -2.49. The third kappa shape index (κ3) is 3.88. The van der Waals surface area contributed by atoms with Crippen LogP contribution in [0.25, 0.3) is 0 Å². The molecule has 0 unspecified atom stereocenters. The van der Waals surface area contributed by atoms with Crippen LogP contribution in [0.4, 0.5) is 4.79 Å². The molecule has 0 saturated carbocycles. The van der Waals surface area contributed by atoms with E-state index in [9.17, 15) is 14.4 Å². The van der Waals surface area contributed by atoms with Crippen LogP contribution in [-0.2, 0) is 15.1 Å². The number of nitrogens with one attached hydrogen (secondary N) is 1. The number of nitrogens with zero attached hydrogens (tertiary/aromatic N) is 2. The van der Waals surface area contributed by atoms with Gasteiger partial charge in [-0.1, -0.05) is 6.07 Å². The predicted octanol–water partition coefficient (Wildman–Crippen LogP) is 2.26. The molecule has 8 heteroatoms. The van der Waals surface area contributed by atoms with E-state index >= 15 is 0 Å². The van der Waals surface area contributed by atoms with Gasteiger partial charge in [0.1, 0.15) is 12.1 Å². The molecule has 4 amide bonds. The van der Waals surface area contributed by atoms with E-state index in [0.29, 0.717) is 30.3 Å². The van der Waals surface area contributed by atoms with Gasteiger partial charge in [-0.15, -0.1) is 0 Å². The molecule has 2 aliphatic heterocycles. The Morgan fingerprint density at radius 2 is 1.76 bits per heavy atom. The summed E-state index contributed by atoms with van der Waals surface area (Å²) < 4.78 is 11.3. The maximum Gasteiger partial charge on any atom is 0.325 e. The second-order valence-corrected chi connectivity index (χ2v) is 8.15. The van der Waals surface area contributed by atoms with Crippen molar-refractivity contribution in [2.75, 3.05) is 19.8 Å². The van der Waals surface area contributed by atoms with E-state index in [1.54, 1.807) is 30.0 Å². The van der Waals surface area contributed by atoms with Gasteiger partial charge in [0.05, 0.1) is 13.2 Å². The van der Waals surface area contributed by atoms with E-state index < -0.39 is 17.5 Å². The molecule has 0 radical (unpaired) electrons.